The lowest BCUT2D eigenvalue weighted by molar-refractivity contribution is -0.384. The highest BCUT2D eigenvalue weighted by atomic mass is 35.5. The first kappa shape index (κ1) is 16.8. The number of halogens is 1. The van der Waals surface area contributed by atoms with Gasteiger partial charge >= 0.3 is 0 Å². The van der Waals surface area contributed by atoms with Gasteiger partial charge in [-0.1, -0.05) is 41.9 Å². The van der Waals surface area contributed by atoms with Crippen molar-refractivity contribution in [3.8, 4) is 17.2 Å². The standard InChI is InChI=1S/C19H14ClNO4/c20-18-12-17(10-11-19(18)21(22)23)25-16-8-6-15(7-9-16)24-13-14-4-2-1-3-5-14/h1-12H,13H2. The van der Waals surface area contributed by atoms with Crippen LogP contribution in [0.2, 0.25) is 5.02 Å². The normalized spacial score (nSPS) is 10.3. The maximum absolute atomic E-state index is 10.8. The van der Waals surface area contributed by atoms with Gasteiger partial charge in [0.15, 0.2) is 0 Å². The number of hydrogen-bond donors (Lipinski definition) is 0. The van der Waals surface area contributed by atoms with E-state index in [1.54, 1.807) is 24.3 Å². The Morgan fingerprint density at radius 1 is 0.880 bits per heavy atom. The van der Waals surface area contributed by atoms with Crippen LogP contribution in [0.5, 0.6) is 17.2 Å². The third kappa shape index (κ3) is 4.49. The van der Waals surface area contributed by atoms with Gasteiger partial charge in [-0.05, 0) is 35.9 Å². The molecule has 126 valence electrons. The highest BCUT2D eigenvalue weighted by molar-refractivity contribution is 6.32. The molecule has 0 fully saturated rings. The zero-order chi connectivity index (χ0) is 17.6. The molecule has 0 aliphatic carbocycles. The Bertz CT molecular complexity index is 866. The highest BCUT2D eigenvalue weighted by Crippen LogP contribution is 2.31. The molecule has 0 N–H and O–H groups in total. The summed E-state index contributed by atoms with van der Waals surface area (Å²) in [5.74, 6) is 1.73. The van der Waals surface area contributed by atoms with Gasteiger partial charge in [-0.3, -0.25) is 10.1 Å². The van der Waals surface area contributed by atoms with E-state index in [4.69, 9.17) is 21.1 Å². The minimum Gasteiger partial charge on any atom is -0.489 e. The molecular formula is C19H14ClNO4. The average molecular weight is 356 g/mol. The third-order valence-electron chi connectivity index (χ3n) is 3.42. The minimum absolute atomic E-state index is 0.0327. The molecule has 5 nitrogen and oxygen atoms in total. The SMILES string of the molecule is O=[N+]([O-])c1ccc(Oc2ccc(OCc3ccccc3)cc2)cc1Cl. The molecular weight excluding hydrogens is 342 g/mol. The lowest BCUT2D eigenvalue weighted by atomic mass is 10.2. The molecule has 0 saturated heterocycles. The summed E-state index contributed by atoms with van der Waals surface area (Å²) in [6, 6.07) is 21.2. The number of nitro groups is 1. The van der Waals surface area contributed by atoms with Crippen molar-refractivity contribution in [2.45, 2.75) is 6.61 Å². The van der Waals surface area contributed by atoms with Crippen LogP contribution in [0.25, 0.3) is 0 Å². The van der Waals surface area contributed by atoms with Crippen LogP contribution < -0.4 is 9.47 Å². The Balaban J connectivity index is 1.62. The molecule has 6 heteroatoms. The van der Waals surface area contributed by atoms with Crippen LogP contribution in [0.3, 0.4) is 0 Å². The van der Waals surface area contributed by atoms with E-state index >= 15 is 0 Å². The Morgan fingerprint density at radius 3 is 2.16 bits per heavy atom. The predicted molar refractivity (Wildman–Crippen MR) is 95.4 cm³/mol. The van der Waals surface area contributed by atoms with Crippen molar-refractivity contribution in [1.82, 2.24) is 0 Å². The molecule has 0 atom stereocenters. The van der Waals surface area contributed by atoms with E-state index in [0.29, 0.717) is 18.1 Å². The average Bonchev–Trinajstić information content (AvgIpc) is 2.62. The molecule has 0 amide bonds. The fourth-order valence-corrected chi connectivity index (χ4v) is 2.42. The molecule has 0 aliphatic heterocycles. The summed E-state index contributed by atoms with van der Waals surface area (Å²) in [6.07, 6.45) is 0. The molecule has 0 spiro atoms. The van der Waals surface area contributed by atoms with Crippen LogP contribution in [-0.2, 0) is 6.61 Å². The molecule has 0 radical (unpaired) electrons. The van der Waals surface area contributed by atoms with Gasteiger partial charge in [0.2, 0.25) is 0 Å². The molecule has 0 aliphatic rings. The number of benzene rings is 3. The second kappa shape index (κ2) is 7.68. The maximum Gasteiger partial charge on any atom is 0.288 e. The highest BCUT2D eigenvalue weighted by Gasteiger charge is 2.12. The summed E-state index contributed by atoms with van der Waals surface area (Å²) in [7, 11) is 0. The van der Waals surface area contributed by atoms with Gasteiger partial charge < -0.3 is 9.47 Å². The van der Waals surface area contributed by atoms with E-state index in [1.165, 1.54) is 18.2 Å². The summed E-state index contributed by atoms with van der Waals surface area (Å²) in [5.41, 5.74) is 0.932. The largest absolute Gasteiger partial charge is 0.489 e. The van der Waals surface area contributed by atoms with Crippen molar-refractivity contribution < 1.29 is 14.4 Å². The molecule has 3 aromatic rings. The van der Waals surface area contributed by atoms with Gasteiger partial charge in [0.1, 0.15) is 28.9 Å². The van der Waals surface area contributed by atoms with Crippen LogP contribution in [0.15, 0.2) is 72.8 Å². The van der Waals surface area contributed by atoms with Crippen molar-refractivity contribution in [2.24, 2.45) is 0 Å². The summed E-state index contributed by atoms with van der Waals surface area (Å²) >= 11 is 5.87. The van der Waals surface area contributed by atoms with Crippen molar-refractivity contribution in [3.63, 3.8) is 0 Å². The third-order valence-corrected chi connectivity index (χ3v) is 3.73. The van der Waals surface area contributed by atoms with E-state index < -0.39 is 4.92 Å². The van der Waals surface area contributed by atoms with Crippen LogP contribution >= 0.6 is 11.6 Å². The van der Waals surface area contributed by atoms with Gasteiger partial charge in [-0.25, -0.2) is 0 Å². The first-order valence-electron chi connectivity index (χ1n) is 7.50. The maximum atomic E-state index is 10.8. The monoisotopic (exact) mass is 355 g/mol. The lowest BCUT2D eigenvalue weighted by Gasteiger charge is -2.09. The lowest BCUT2D eigenvalue weighted by Crippen LogP contribution is -1.95. The molecule has 0 unspecified atom stereocenters. The first-order chi connectivity index (χ1) is 12.1. The van der Waals surface area contributed by atoms with E-state index in [2.05, 4.69) is 0 Å². The van der Waals surface area contributed by atoms with Gasteiger partial charge in [0.05, 0.1) is 4.92 Å². The number of hydrogen-bond acceptors (Lipinski definition) is 4. The van der Waals surface area contributed by atoms with E-state index in [1.807, 2.05) is 30.3 Å². The number of nitrogens with zero attached hydrogens (tertiary/aromatic N) is 1. The molecule has 0 heterocycles. The van der Waals surface area contributed by atoms with Gasteiger partial charge in [0.25, 0.3) is 5.69 Å². The van der Waals surface area contributed by atoms with Gasteiger partial charge in [-0.2, -0.15) is 0 Å². The van der Waals surface area contributed by atoms with E-state index in [9.17, 15) is 10.1 Å². The van der Waals surface area contributed by atoms with Crippen molar-refractivity contribution in [2.75, 3.05) is 0 Å². The van der Waals surface area contributed by atoms with Crippen molar-refractivity contribution in [3.05, 3.63) is 93.5 Å². The first-order valence-corrected chi connectivity index (χ1v) is 7.88. The zero-order valence-corrected chi connectivity index (χ0v) is 13.8. The Labute approximate surface area is 149 Å². The summed E-state index contributed by atoms with van der Waals surface area (Å²) < 4.78 is 11.4. The molecule has 0 saturated carbocycles. The topological polar surface area (TPSA) is 61.6 Å². The molecule has 3 aromatic carbocycles. The van der Waals surface area contributed by atoms with Crippen LogP contribution in [-0.4, -0.2) is 4.92 Å². The fourth-order valence-electron chi connectivity index (χ4n) is 2.18. The Kier molecular flexibility index (Phi) is 5.16. The van der Waals surface area contributed by atoms with Crippen molar-refractivity contribution in [1.29, 1.82) is 0 Å². The predicted octanol–water partition coefficient (Wildman–Crippen LogP) is 5.62. The Hall–Kier alpha value is -3.05. The van der Waals surface area contributed by atoms with Crippen molar-refractivity contribution >= 4 is 17.3 Å². The van der Waals surface area contributed by atoms with Crippen LogP contribution in [0.4, 0.5) is 5.69 Å². The Morgan fingerprint density at radius 2 is 1.52 bits per heavy atom. The second-order valence-electron chi connectivity index (χ2n) is 5.22. The number of nitro benzene ring substituents is 1. The fraction of sp³-hybridized carbons (Fsp3) is 0.0526. The van der Waals surface area contributed by atoms with Gasteiger partial charge in [0, 0.05) is 12.1 Å². The second-order valence-corrected chi connectivity index (χ2v) is 5.63. The van der Waals surface area contributed by atoms with Crippen LogP contribution in [0.1, 0.15) is 5.56 Å². The number of ether oxygens (including phenoxy) is 2. The van der Waals surface area contributed by atoms with E-state index in [-0.39, 0.29) is 10.7 Å². The molecule has 25 heavy (non-hydrogen) atoms. The smallest absolute Gasteiger partial charge is 0.288 e. The van der Waals surface area contributed by atoms with Crippen LogP contribution in [0, 0.1) is 10.1 Å². The summed E-state index contributed by atoms with van der Waals surface area (Å²) in [5, 5.41) is 10.8. The van der Waals surface area contributed by atoms with E-state index in [0.717, 1.165) is 11.3 Å². The van der Waals surface area contributed by atoms with Gasteiger partial charge in [-0.15, -0.1) is 0 Å². The minimum atomic E-state index is -0.537. The number of rotatable bonds is 6. The quantitative estimate of drug-likeness (QED) is 0.425. The summed E-state index contributed by atoms with van der Waals surface area (Å²) in [6.45, 7) is 0.485. The summed E-state index contributed by atoms with van der Waals surface area (Å²) in [4.78, 5) is 10.2. The zero-order valence-electron chi connectivity index (χ0n) is 13.1. The molecule has 3 rings (SSSR count). The molecule has 0 bridgehead atoms. The molecule has 0 aromatic heterocycles.